The number of carbonyl (C=O) groups excluding carboxylic acids is 2. The Morgan fingerprint density at radius 2 is 1.50 bits per heavy atom. The molecule has 0 bridgehead atoms. The van der Waals surface area contributed by atoms with Gasteiger partial charge >= 0.3 is 0 Å². The van der Waals surface area contributed by atoms with E-state index in [4.69, 9.17) is 4.74 Å². The van der Waals surface area contributed by atoms with E-state index in [2.05, 4.69) is 5.32 Å². The number of nitrogens with zero attached hydrogens (tertiary/aromatic N) is 2. The molecule has 0 aliphatic carbocycles. The molecule has 4 rings (SSSR count). The molecule has 0 saturated heterocycles. The molecule has 4 aromatic rings. The van der Waals surface area contributed by atoms with E-state index in [1.165, 1.54) is 16.7 Å². The van der Waals surface area contributed by atoms with Crippen LogP contribution in [-0.4, -0.2) is 56.1 Å². The van der Waals surface area contributed by atoms with Gasteiger partial charge in [0.2, 0.25) is 11.8 Å². The van der Waals surface area contributed by atoms with Crippen molar-refractivity contribution in [2.24, 2.45) is 0 Å². The molecular weight excluding hydrogens is 643 g/mol. The van der Waals surface area contributed by atoms with Gasteiger partial charge in [0, 0.05) is 23.4 Å². The minimum atomic E-state index is -4.27. The molecule has 1 atom stereocenters. The Labute approximate surface area is 289 Å². The molecule has 1 N–H and O–H groups in total. The number of carbonyl (C=O) groups is 2. The Morgan fingerprint density at radius 1 is 0.875 bits per heavy atom. The molecule has 2 amide bonds. The van der Waals surface area contributed by atoms with Gasteiger partial charge in [-0.3, -0.25) is 13.9 Å². The highest BCUT2D eigenvalue weighted by Crippen LogP contribution is 2.33. The Kier molecular flexibility index (Phi) is 12.3. The summed E-state index contributed by atoms with van der Waals surface area (Å²) < 4.78 is 35.9. The number of hydrogen-bond donors (Lipinski definition) is 1. The molecule has 0 radical (unpaired) electrons. The van der Waals surface area contributed by atoms with Crippen molar-refractivity contribution in [3.8, 4) is 5.75 Å². The Hall–Kier alpha value is -4.28. The molecule has 8 nitrogen and oxygen atoms in total. The van der Waals surface area contributed by atoms with Crippen molar-refractivity contribution in [2.75, 3.05) is 23.7 Å². The zero-order chi connectivity index (χ0) is 34.9. The summed E-state index contributed by atoms with van der Waals surface area (Å²) in [4.78, 5) is 31.3. The van der Waals surface area contributed by atoms with Crippen LogP contribution < -0.4 is 14.4 Å². The average molecular weight is 688 g/mol. The standard InChI is InChI=1S/C38H45N3O5S2/c1-7-46-35-20-14-13-19-33(35)41(48(44,45)32-23-21-31(47-6)22-24-32)27-36(42)40(26-30-18-12-11-15-28(30)2)34(37(43)39-38(3,4)5)25-29-16-9-8-10-17-29/h8-24,34H,7,25-27H2,1-6H3,(H,39,43)/t34-/m1/s1. The largest absolute Gasteiger partial charge is 0.492 e. The van der Waals surface area contributed by atoms with Gasteiger partial charge in [0.15, 0.2) is 0 Å². The van der Waals surface area contributed by atoms with Gasteiger partial charge in [-0.1, -0.05) is 66.7 Å². The first kappa shape index (κ1) is 36.6. The number of thioether (sulfide) groups is 1. The minimum Gasteiger partial charge on any atom is -0.492 e. The van der Waals surface area contributed by atoms with Crippen LogP contribution in [-0.2, 0) is 32.6 Å². The first-order valence-electron chi connectivity index (χ1n) is 15.9. The topological polar surface area (TPSA) is 96.0 Å². The van der Waals surface area contributed by atoms with Gasteiger partial charge in [-0.15, -0.1) is 11.8 Å². The SMILES string of the molecule is CCOc1ccccc1N(CC(=O)N(Cc1ccccc1C)[C@H](Cc1ccccc1)C(=O)NC(C)(C)C)S(=O)(=O)c1ccc(SC)cc1. The number of sulfonamides is 1. The van der Waals surface area contributed by atoms with Crippen LogP contribution in [0.15, 0.2) is 113 Å². The zero-order valence-corrected chi connectivity index (χ0v) is 30.1. The highest BCUT2D eigenvalue weighted by molar-refractivity contribution is 7.98. The van der Waals surface area contributed by atoms with Crippen molar-refractivity contribution in [1.82, 2.24) is 10.2 Å². The van der Waals surface area contributed by atoms with E-state index < -0.39 is 34.1 Å². The number of rotatable bonds is 14. The second-order valence-corrected chi connectivity index (χ2v) is 15.2. The van der Waals surface area contributed by atoms with Crippen LogP contribution >= 0.6 is 11.8 Å². The van der Waals surface area contributed by atoms with Crippen LogP contribution in [0.25, 0.3) is 0 Å². The first-order valence-corrected chi connectivity index (χ1v) is 18.6. The summed E-state index contributed by atoms with van der Waals surface area (Å²) >= 11 is 1.50. The van der Waals surface area contributed by atoms with Gasteiger partial charge in [0.05, 0.1) is 17.2 Å². The second-order valence-electron chi connectivity index (χ2n) is 12.5. The molecule has 0 fully saturated rings. The van der Waals surface area contributed by atoms with E-state index in [1.54, 1.807) is 48.5 Å². The molecule has 0 heterocycles. The quantitative estimate of drug-likeness (QED) is 0.146. The van der Waals surface area contributed by atoms with Crippen LogP contribution in [0, 0.1) is 6.92 Å². The van der Waals surface area contributed by atoms with E-state index in [-0.39, 0.29) is 29.5 Å². The normalized spacial score (nSPS) is 12.2. The lowest BCUT2D eigenvalue weighted by molar-refractivity contribution is -0.140. The smallest absolute Gasteiger partial charge is 0.264 e. The third-order valence-corrected chi connectivity index (χ3v) is 10.2. The summed E-state index contributed by atoms with van der Waals surface area (Å²) in [6.07, 6.45) is 2.15. The van der Waals surface area contributed by atoms with Crippen LogP contribution in [0.4, 0.5) is 5.69 Å². The Balaban J connectivity index is 1.86. The van der Waals surface area contributed by atoms with Crippen molar-refractivity contribution in [1.29, 1.82) is 0 Å². The third-order valence-electron chi connectivity index (χ3n) is 7.73. The molecule has 254 valence electrons. The maximum atomic E-state index is 14.8. The number of aryl methyl sites for hydroxylation is 1. The molecular formula is C38H45N3O5S2. The number of anilines is 1. The van der Waals surface area contributed by atoms with Crippen LogP contribution in [0.1, 0.15) is 44.4 Å². The molecule has 4 aromatic carbocycles. The van der Waals surface area contributed by atoms with Crippen molar-refractivity contribution in [2.45, 2.75) is 69.0 Å². The number of ether oxygens (including phenoxy) is 1. The molecule has 10 heteroatoms. The summed E-state index contributed by atoms with van der Waals surface area (Å²) in [6, 6.07) is 29.6. The highest BCUT2D eigenvalue weighted by atomic mass is 32.2. The van der Waals surface area contributed by atoms with Crippen LogP contribution in [0.5, 0.6) is 5.75 Å². The maximum Gasteiger partial charge on any atom is 0.264 e. The van der Waals surface area contributed by atoms with Gasteiger partial charge in [-0.2, -0.15) is 0 Å². The van der Waals surface area contributed by atoms with Gasteiger partial charge in [0.25, 0.3) is 10.0 Å². The molecule has 0 spiro atoms. The number of benzene rings is 4. The predicted molar refractivity (Wildman–Crippen MR) is 194 cm³/mol. The summed E-state index contributed by atoms with van der Waals surface area (Å²) in [5, 5.41) is 3.07. The van der Waals surface area contributed by atoms with Gasteiger partial charge in [-0.25, -0.2) is 8.42 Å². The fourth-order valence-electron chi connectivity index (χ4n) is 5.31. The molecule has 48 heavy (non-hydrogen) atoms. The van der Waals surface area contributed by atoms with Crippen LogP contribution in [0.2, 0.25) is 0 Å². The van der Waals surface area contributed by atoms with Crippen molar-refractivity contribution >= 4 is 39.3 Å². The molecule has 0 aliphatic rings. The van der Waals surface area contributed by atoms with E-state index >= 15 is 0 Å². The lowest BCUT2D eigenvalue weighted by Gasteiger charge is -2.35. The number of nitrogens with one attached hydrogen (secondary N) is 1. The van der Waals surface area contributed by atoms with E-state index in [1.807, 2.05) is 95.5 Å². The van der Waals surface area contributed by atoms with Gasteiger partial charge in [0.1, 0.15) is 18.3 Å². The lowest BCUT2D eigenvalue weighted by atomic mass is 10.00. The molecule has 0 saturated carbocycles. The monoisotopic (exact) mass is 687 g/mol. The second kappa shape index (κ2) is 16.2. The summed E-state index contributed by atoms with van der Waals surface area (Å²) in [5.74, 6) is -0.530. The van der Waals surface area contributed by atoms with E-state index in [9.17, 15) is 18.0 Å². The molecule has 0 unspecified atom stereocenters. The number of amides is 2. The van der Waals surface area contributed by atoms with E-state index in [0.29, 0.717) is 12.4 Å². The van der Waals surface area contributed by atoms with E-state index in [0.717, 1.165) is 25.9 Å². The summed E-state index contributed by atoms with van der Waals surface area (Å²) in [7, 11) is -4.27. The van der Waals surface area contributed by atoms with Crippen molar-refractivity contribution in [3.05, 3.63) is 120 Å². The number of hydrogen-bond acceptors (Lipinski definition) is 6. The first-order chi connectivity index (χ1) is 22.8. The van der Waals surface area contributed by atoms with Gasteiger partial charge < -0.3 is 15.0 Å². The van der Waals surface area contributed by atoms with Crippen LogP contribution in [0.3, 0.4) is 0 Å². The zero-order valence-electron chi connectivity index (χ0n) is 28.5. The molecule has 0 aliphatic heterocycles. The van der Waals surface area contributed by atoms with Gasteiger partial charge in [-0.05, 0) is 94.0 Å². The summed E-state index contributed by atoms with van der Waals surface area (Å²) in [6.45, 7) is 9.27. The lowest BCUT2D eigenvalue weighted by Crippen LogP contribution is -2.56. The van der Waals surface area contributed by atoms with Crippen molar-refractivity contribution < 1.29 is 22.7 Å². The number of para-hydroxylation sites is 2. The fourth-order valence-corrected chi connectivity index (χ4v) is 7.14. The maximum absolute atomic E-state index is 14.8. The summed E-state index contributed by atoms with van der Waals surface area (Å²) in [5.41, 5.74) is 2.33. The Morgan fingerprint density at radius 3 is 2.12 bits per heavy atom. The molecule has 0 aromatic heterocycles. The van der Waals surface area contributed by atoms with Crippen molar-refractivity contribution in [3.63, 3.8) is 0 Å². The predicted octanol–water partition coefficient (Wildman–Crippen LogP) is 6.87. The fraction of sp³-hybridized carbons (Fsp3) is 0.316. The average Bonchev–Trinajstić information content (AvgIpc) is 3.06. The Bertz CT molecular complexity index is 1790. The third kappa shape index (κ3) is 9.41. The minimum absolute atomic E-state index is 0.0381. The highest BCUT2D eigenvalue weighted by Gasteiger charge is 2.36.